The van der Waals surface area contributed by atoms with Crippen molar-refractivity contribution in [2.45, 2.75) is 26.2 Å². The number of rotatable bonds is 8. The van der Waals surface area contributed by atoms with Crippen LogP contribution in [0.3, 0.4) is 0 Å². The van der Waals surface area contributed by atoms with Crippen molar-refractivity contribution in [2.24, 2.45) is 0 Å². The molecule has 0 unspecified atom stereocenters. The number of benzene rings is 1. The highest BCUT2D eigenvalue weighted by molar-refractivity contribution is 7.92. The molecule has 0 aliphatic carbocycles. The van der Waals surface area contributed by atoms with E-state index in [1.54, 1.807) is 24.3 Å². The molecule has 118 valence electrons. The SMILES string of the molecule is CCCN(c1ccc(N)cc1)S(=O)(=O)CCCC(=O)OC. The van der Waals surface area contributed by atoms with Crippen molar-refractivity contribution in [3.63, 3.8) is 0 Å². The van der Waals surface area contributed by atoms with E-state index < -0.39 is 16.0 Å². The summed E-state index contributed by atoms with van der Waals surface area (Å²) in [6, 6.07) is 6.70. The summed E-state index contributed by atoms with van der Waals surface area (Å²) in [6.07, 6.45) is 1.03. The number of esters is 1. The number of sulfonamides is 1. The lowest BCUT2D eigenvalue weighted by Gasteiger charge is -2.24. The van der Waals surface area contributed by atoms with Crippen molar-refractivity contribution < 1.29 is 17.9 Å². The van der Waals surface area contributed by atoms with Crippen LogP contribution in [0.4, 0.5) is 11.4 Å². The van der Waals surface area contributed by atoms with Crippen molar-refractivity contribution in [1.29, 1.82) is 0 Å². The number of nitrogens with two attached hydrogens (primary N) is 1. The molecule has 0 aromatic heterocycles. The lowest BCUT2D eigenvalue weighted by Crippen LogP contribution is -2.34. The highest BCUT2D eigenvalue weighted by Crippen LogP contribution is 2.21. The smallest absolute Gasteiger partial charge is 0.305 e. The molecule has 1 rings (SSSR count). The van der Waals surface area contributed by atoms with E-state index in [0.29, 0.717) is 24.3 Å². The Morgan fingerprint density at radius 3 is 2.43 bits per heavy atom. The van der Waals surface area contributed by atoms with Crippen LogP contribution >= 0.6 is 0 Å². The Labute approximate surface area is 125 Å². The molecule has 0 saturated heterocycles. The van der Waals surface area contributed by atoms with Gasteiger partial charge in [0.25, 0.3) is 0 Å². The van der Waals surface area contributed by atoms with Crippen LogP contribution in [0.25, 0.3) is 0 Å². The molecule has 0 amide bonds. The number of hydrogen-bond donors (Lipinski definition) is 1. The second-order valence-corrected chi connectivity index (χ2v) is 6.67. The maximum atomic E-state index is 12.4. The van der Waals surface area contributed by atoms with E-state index in [1.807, 2.05) is 6.92 Å². The van der Waals surface area contributed by atoms with Gasteiger partial charge < -0.3 is 10.5 Å². The molecule has 0 bridgehead atoms. The van der Waals surface area contributed by atoms with Gasteiger partial charge in [0.15, 0.2) is 0 Å². The highest BCUT2D eigenvalue weighted by Gasteiger charge is 2.21. The summed E-state index contributed by atoms with van der Waals surface area (Å²) >= 11 is 0. The zero-order valence-corrected chi connectivity index (χ0v) is 13.2. The third-order valence-electron chi connectivity index (χ3n) is 2.95. The van der Waals surface area contributed by atoms with E-state index in [2.05, 4.69) is 4.74 Å². The van der Waals surface area contributed by atoms with Gasteiger partial charge in [-0.25, -0.2) is 8.42 Å². The molecule has 0 aliphatic heterocycles. The summed E-state index contributed by atoms with van der Waals surface area (Å²) in [5.74, 6) is -0.494. The van der Waals surface area contributed by atoms with Crippen LogP contribution in [0.2, 0.25) is 0 Å². The maximum Gasteiger partial charge on any atom is 0.305 e. The number of methoxy groups -OCH3 is 1. The molecule has 1 aromatic rings. The lowest BCUT2D eigenvalue weighted by atomic mass is 10.3. The molecule has 0 spiro atoms. The van der Waals surface area contributed by atoms with Crippen LogP contribution in [-0.2, 0) is 19.6 Å². The predicted molar refractivity (Wildman–Crippen MR) is 83.5 cm³/mol. The molecule has 21 heavy (non-hydrogen) atoms. The Hall–Kier alpha value is -1.76. The first-order valence-corrected chi connectivity index (χ1v) is 8.44. The first kappa shape index (κ1) is 17.3. The summed E-state index contributed by atoms with van der Waals surface area (Å²) in [7, 11) is -2.18. The van der Waals surface area contributed by atoms with Crippen LogP contribution in [0.1, 0.15) is 26.2 Å². The molecule has 6 nitrogen and oxygen atoms in total. The second kappa shape index (κ2) is 7.87. The Morgan fingerprint density at radius 1 is 1.29 bits per heavy atom. The van der Waals surface area contributed by atoms with E-state index in [4.69, 9.17) is 5.73 Å². The van der Waals surface area contributed by atoms with Gasteiger partial charge in [-0.15, -0.1) is 0 Å². The molecular weight excluding hydrogens is 292 g/mol. The summed E-state index contributed by atoms with van der Waals surface area (Å²) in [4.78, 5) is 11.1. The van der Waals surface area contributed by atoms with Crippen LogP contribution in [0.15, 0.2) is 24.3 Å². The van der Waals surface area contributed by atoms with Gasteiger partial charge in [-0.1, -0.05) is 6.92 Å². The van der Waals surface area contributed by atoms with E-state index in [0.717, 1.165) is 0 Å². The minimum Gasteiger partial charge on any atom is -0.469 e. The number of carbonyl (C=O) groups is 1. The number of hydrogen-bond acceptors (Lipinski definition) is 5. The van der Waals surface area contributed by atoms with E-state index in [9.17, 15) is 13.2 Å². The summed E-state index contributed by atoms with van der Waals surface area (Å²) in [5.41, 5.74) is 6.79. The summed E-state index contributed by atoms with van der Waals surface area (Å²) in [5, 5.41) is 0. The van der Waals surface area contributed by atoms with Gasteiger partial charge in [0.2, 0.25) is 10.0 Å². The normalized spacial score (nSPS) is 11.1. The van der Waals surface area contributed by atoms with Gasteiger partial charge in [-0.05, 0) is 37.1 Å². The maximum absolute atomic E-state index is 12.4. The number of carbonyl (C=O) groups excluding carboxylic acids is 1. The van der Waals surface area contributed by atoms with E-state index >= 15 is 0 Å². The third kappa shape index (κ3) is 5.26. The molecule has 7 heteroatoms. The van der Waals surface area contributed by atoms with Gasteiger partial charge in [0.05, 0.1) is 18.6 Å². The Bertz CT molecular complexity index is 555. The summed E-state index contributed by atoms with van der Waals surface area (Å²) in [6.45, 7) is 2.30. The van der Waals surface area contributed by atoms with E-state index in [1.165, 1.54) is 11.4 Å². The van der Waals surface area contributed by atoms with Crippen LogP contribution in [0, 0.1) is 0 Å². The third-order valence-corrected chi connectivity index (χ3v) is 4.82. The minimum atomic E-state index is -3.47. The standard InChI is InChI=1S/C14H22N2O4S/c1-3-10-16(13-8-6-12(15)7-9-13)21(18,19)11-4-5-14(17)20-2/h6-9H,3-5,10-11,15H2,1-2H3. The number of nitrogens with zero attached hydrogens (tertiary/aromatic N) is 1. The van der Waals surface area contributed by atoms with Gasteiger partial charge in [-0.2, -0.15) is 0 Å². The quantitative estimate of drug-likeness (QED) is 0.583. The van der Waals surface area contributed by atoms with E-state index in [-0.39, 0.29) is 18.6 Å². The van der Waals surface area contributed by atoms with Gasteiger partial charge in [-0.3, -0.25) is 9.10 Å². The molecular formula is C14H22N2O4S. The molecule has 0 radical (unpaired) electrons. The monoisotopic (exact) mass is 314 g/mol. The van der Waals surface area contributed by atoms with Crippen molar-refractivity contribution >= 4 is 27.4 Å². The molecule has 0 saturated carbocycles. The van der Waals surface area contributed by atoms with Crippen molar-refractivity contribution in [1.82, 2.24) is 0 Å². The fourth-order valence-electron chi connectivity index (χ4n) is 1.88. The van der Waals surface area contributed by atoms with Gasteiger partial charge in [0.1, 0.15) is 0 Å². The number of anilines is 2. The highest BCUT2D eigenvalue weighted by atomic mass is 32.2. The topological polar surface area (TPSA) is 89.7 Å². The first-order valence-electron chi connectivity index (χ1n) is 6.83. The fraction of sp³-hybridized carbons (Fsp3) is 0.500. The average Bonchev–Trinajstić information content (AvgIpc) is 2.45. The Kier molecular flexibility index (Phi) is 6.48. The van der Waals surface area contributed by atoms with Crippen LogP contribution < -0.4 is 10.0 Å². The zero-order valence-electron chi connectivity index (χ0n) is 12.4. The summed E-state index contributed by atoms with van der Waals surface area (Å²) < 4.78 is 30.7. The number of ether oxygens (including phenoxy) is 1. The van der Waals surface area contributed by atoms with Crippen molar-refractivity contribution in [3.8, 4) is 0 Å². The average molecular weight is 314 g/mol. The number of nitrogen functional groups attached to an aromatic ring is 1. The molecule has 0 aliphatic rings. The van der Waals surface area contributed by atoms with Crippen LogP contribution in [0.5, 0.6) is 0 Å². The molecule has 2 N–H and O–H groups in total. The molecule has 1 aromatic carbocycles. The Balaban J connectivity index is 2.82. The largest absolute Gasteiger partial charge is 0.469 e. The minimum absolute atomic E-state index is 0.0908. The van der Waals surface area contributed by atoms with Crippen molar-refractivity contribution in [2.75, 3.05) is 29.4 Å². The van der Waals surface area contributed by atoms with Crippen molar-refractivity contribution in [3.05, 3.63) is 24.3 Å². The predicted octanol–water partition coefficient (Wildman–Crippen LogP) is 1.77. The Morgan fingerprint density at radius 2 is 1.90 bits per heavy atom. The molecule has 0 fully saturated rings. The molecule has 0 atom stereocenters. The first-order chi connectivity index (χ1) is 9.90. The zero-order chi connectivity index (χ0) is 15.9. The lowest BCUT2D eigenvalue weighted by molar-refractivity contribution is -0.140. The van der Waals surface area contributed by atoms with Gasteiger partial charge >= 0.3 is 5.97 Å². The molecule has 0 heterocycles. The van der Waals surface area contributed by atoms with Gasteiger partial charge in [0, 0.05) is 18.7 Å². The second-order valence-electron chi connectivity index (χ2n) is 4.66. The van der Waals surface area contributed by atoms with Crippen LogP contribution in [-0.4, -0.2) is 33.8 Å². The fourth-order valence-corrected chi connectivity index (χ4v) is 3.52.